The lowest BCUT2D eigenvalue weighted by molar-refractivity contribution is -0.288. The van der Waals surface area contributed by atoms with Gasteiger partial charge in [-0.2, -0.15) is 0 Å². The number of carbonyl (C=O) groups excluding carboxylic acids is 5. The van der Waals surface area contributed by atoms with Gasteiger partial charge in [0.05, 0.1) is 40.1 Å². The van der Waals surface area contributed by atoms with E-state index in [1.807, 2.05) is 0 Å². The molecule has 49 heavy (non-hydrogen) atoms. The van der Waals surface area contributed by atoms with E-state index in [9.17, 15) is 24.0 Å². The number of benzene rings is 1. The molecule has 18 nitrogen and oxygen atoms in total. The van der Waals surface area contributed by atoms with Crippen LogP contribution in [0.15, 0.2) is 23.3 Å². The average Bonchev–Trinajstić information content (AvgIpc) is 3.04. The number of methoxy groups -OCH3 is 1. The zero-order valence-corrected chi connectivity index (χ0v) is 28.2. The normalized spacial score (nSPS) is 19.9. The van der Waals surface area contributed by atoms with Gasteiger partial charge in [-0.3, -0.25) is 24.0 Å². The van der Waals surface area contributed by atoms with Crippen molar-refractivity contribution in [1.82, 2.24) is 0 Å². The van der Waals surface area contributed by atoms with Crippen LogP contribution in [0.5, 0.6) is 11.5 Å². The number of Topliss-reactive ketones (excluding diaryl/α,β-unsaturated/α-hetero) is 1. The fraction of sp³-hybridized carbons (Fsp3) is 0.645. The van der Waals surface area contributed by atoms with Gasteiger partial charge in [0.2, 0.25) is 12.4 Å². The summed E-state index contributed by atoms with van der Waals surface area (Å²) in [6, 6.07) is 4.43. The first-order valence-corrected chi connectivity index (χ1v) is 15.4. The summed E-state index contributed by atoms with van der Waals surface area (Å²) in [6.45, 7) is 6.43. The van der Waals surface area contributed by atoms with Crippen molar-refractivity contribution in [3.63, 3.8) is 0 Å². The summed E-state index contributed by atoms with van der Waals surface area (Å²) in [6.07, 6.45) is -6.25. The molecule has 0 bridgehead atoms. The summed E-state index contributed by atoms with van der Waals surface area (Å²) < 4.78 is 54.9. The Labute approximate surface area is 283 Å². The molecule has 1 fully saturated rings. The van der Waals surface area contributed by atoms with Gasteiger partial charge < -0.3 is 47.4 Å². The molecule has 0 radical (unpaired) electrons. The largest absolute Gasteiger partial charge is 0.493 e. The van der Waals surface area contributed by atoms with Gasteiger partial charge in [-0.25, -0.2) is 0 Å². The number of hydrogen-bond acceptors (Lipinski definition) is 16. The van der Waals surface area contributed by atoms with E-state index in [1.165, 1.54) is 25.3 Å². The summed E-state index contributed by atoms with van der Waals surface area (Å²) in [5.41, 5.74) is 8.52. The van der Waals surface area contributed by atoms with Crippen LogP contribution in [0.3, 0.4) is 0 Å². The van der Waals surface area contributed by atoms with E-state index in [1.54, 1.807) is 0 Å². The molecule has 1 aliphatic rings. The van der Waals surface area contributed by atoms with Crippen molar-refractivity contribution >= 4 is 29.7 Å². The van der Waals surface area contributed by atoms with Crippen LogP contribution in [0.4, 0.5) is 0 Å². The van der Waals surface area contributed by atoms with Crippen LogP contribution in [0.1, 0.15) is 50.9 Å². The number of ketones is 1. The van der Waals surface area contributed by atoms with Crippen molar-refractivity contribution in [2.45, 2.75) is 71.2 Å². The molecule has 1 aliphatic heterocycles. The van der Waals surface area contributed by atoms with Crippen LogP contribution in [0.25, 0.3) is 10.4 Å². The van der Waals surface area contributed by atoms with E-state index in [2.05, 4.69) is 10.0 Å². The molecular formula is C31H43N3O15. The van der Waals surface area contributed by atoms with E-state index in [4.69, 9.17) is 52.9 Å². The predicted molar refractivity (Wildman–Crippen MR) is 166 cm³/mol. The third-order valence-corrected chi connectivity index (χ3v) is 6.51. The molecule has 0 aromatic heterocycles. The minimum Gasteiger partial charge on any atom is -0.493 e. The summed E-state index contributed by atoms with van der Waals surface area (Å²) in [5.74, 6) is -2.97. The fourth-order valence-corrected chi connectivity index (χ4v) is 4.52. The first-order chi connectivity index (χ1) is 23.5. The molecular weight excluding hydrogens is 654 g/mol. The van der Waals surface area contributed by atoms with Crippen LogP contribution in [0, 0.1) is 0 Å². The summed E-state index contributed by atoms with van der Waals surface area (Å²) in [5, 5.41) is 3.36. The first kappa shape index (κ1) is 40.7. The molecule has 1 heterocycles. The third-order valence-electron chi connectivity index (χ3n) is 6.51. The second-order valence-electron chi connectivity index (χ2n) is 10.4. The number of carbonyl (C=O) groups is 5. The van der Waals surface area contributed by atoms with E-state index < -0.39 is 61.2 Å². The molecule has 18 heteroatoms. The van der Waals surface area contributed by atoms with Crippen molar-refractivity contribution < 1.29 is 71.3 Å². The average molecular weight is 698 g/mol. The minimum absolute atomic E-state index is 0.0735. The van der Waals surface area contributed by atoms with E-state index >= 15 is 0 Å². The highest BCUT2D eigenvalue weighted by Gasteiger charge is 2.53. The Bertz CT molecular complexity index is 1300. The lowest BCUT2D eigenvalue weighted by atomic mass is 9.98. The SMILES string of the molecule is COc1cc(C(=O)CCCOCCOCCOCCN=[N+]=[N-])ccc1OC1O[C@H](COC(C)=O)[C@H](OC(C)=O)[C@H](OC(C)=O)[C@H]1OC(C)=O. The number of hydrogen-bond donors (Lipinski definition) is 0. The topological polar surface area (TPSA) is 226 Å². The Balaban J connectivity index is 2.06. The van der Waals surface area contributed by atoms with Crippen molar-refractivity contribution in [3.05, 3.63) is 34.2 Å². The quantitative estimate of drug-likeness (QED) is 0.0322. The molecule has 0 aliphatic carbocycles. The molecule has 0 spiro atoms. The van der Waals surface area contributed by atoms with Crippen molar-refractivity contribution in [3.8, 4) is 11.5 Å². The van der Waals surface area contributed by atoms with Gasteiger partial charge in [-0.05, 0) is 30.2 Å². The van der Waals surface area contributed by atoms with E-state index in [-0.39, 0.29) is 30.2 Å². The maximum atomic E-state index is 12.9. The Hall–Kier alpha value is -4.48. The maximum Gasteiger partial charge on any atom is 0.303 e. The molecule has 1 aromatic carbocycles. The Morgan fingerprint density at radius 2 is 1.37 bits per heavy atom. The second kappa shape index (κ2) is 22.2. The monoisotopic (exact) mass is 697 g/mol. The standard InChI is InChI=1S/C31H43N3O15/c1-19(35)44-18-27-28(45-20(2)36)29(46-21(3)37)30(47-22(4)38)31(49-27)48-25-9-8-23(17-26(25)40-5)24(39)7-6-11-41-13-15-43-16-14-42-12-10-33-34-32/h8-9,17,27-31H,6-7,10-16,18H2,1-5H3/t27-,28+,29+,30-,31?/m1/s1. The maximum absolute atomic E-state index is 12.9. The minimum atomic E-state index is -1.48. The summed E-state index contributed by atoms with van der Waals surface area (Å²) >= 11 is 0. The van der Waals surface area contributed by atoms with Gasteiger partial charge in [0.15, 0.2) is 29.5 Å². The first-order valence-electron chi connectivity index (χ1n) is 15.4. The van der Waals surface area contributed by atoms with Crippen LogP contribution < -0.4 is 9.47 Å². The van der Waals surface area contributed by atoms with Crippen LogP contribution in [0.2, 0.25) is 0 Å². The second-order valence-corrected chi connectivity index (χ2v) is 10.4. The highest BCUT2D eigenvalue weighted by atomic mass is 16.7. The van der Waals surface area contributed by atoms with Crippen molar-refractivity contribution in [1.29, 1.82) is 0 Å². The van der Waals surface area contributed by atoms with Crippen LogP contribution in [-0.2, 0) is 57.1 Å². The van der Waals surface area contributed by atoms with Crippen molar-refractivity contribution in [2.24, 2.45) is 5.11 Å². The number of azide groups is 1. The van der Waals surface area contributed by atoms with E-state index in [0.29, 0.717) is 51.6 Å². The molecule has 1 aromatic rings. The third kappa shape index (κ3) is 15.1. The summed E-state index contributed by atoms with van der Waals surface area (Å²) in [4.78, 5) is 63.2. The smallest absolute Gasteiger partial charge is 0.303 e. The molecule has 0 N–H and O–H groups in total. The number of nitrogens with zero attached hydrogens (tertiary/aromatic N) is 3. The predicted octanol–water partition coefficient (Wildman–Crippen LogP) is 2.48. The highest BCUT2D eigenvalue weighted by molar-refractivity contribution is 5.96. The Morgan fingerprint density at radius 1 is 0.776 bits per heavy atom. The zero-order chi connectivity index (χ0) is 36.2. The van der Waals surface area contributed by atoms with Gasteiger partial charge in [-0.15, -0.1) is 0 Å². The molecule has 5 atom stereocenters. The van der Waals surface area contributed by atoms with E-state index in [0.717, 1.165) is 27.7 Å². The molecule has 1 saturated heterocycles. The zero-order valence-electron chi connectivity index (χ0n) is 28.2. The lowest BCUT2D eigenvalue weighted by Crippen LogP contribution is -2.63. The van der Waals surface area contributed by atoms with Crippen molar-refractivity contribution in [2.75, 3.05) is 59.9 Å². The number of rotatable bonds is 22. The lowest BCUT2D eigenvalue weighted by Gasteiger charge is -2.44. The van der Waals surface area contributed by atoms with Gasteiger partial charge in [0.25, 0.3) is 0 Å². The molecule has 1 unspecified atom stereocenters. The van der Waals surface area contributed by atoms with Gasteiger partial charge in [0.1, 0.15) is 12.7 Å². The van der Waals surface area contributed by atoms with Gasteiger partial charge in [-0.1, -0.05) is 5.11 Å². The highest BCUT2D eigenvalue weighted by Crippen LogP contribution is 2.35. The molecule has 2 rings (SSSR count). The molecule has 0 amide bonds. The van der Waals surface area contributed by atoms with Crippen LogP contribution in [-0.4, -0.2) is 120 Å². The molecule has 272 valence electrons. The van der Waals surface area contributed by atoms with Gasteiger partial charge >= 0.3 is 23.9 Å². The number of esters is 4. The van der Waals surface area contributed by atoms with Gasteiger partial charge in [0, 0.05) is 57.7 Å². The molecule has 0 saturated carbocycles. The number of ether oxygens (including phenoxy) is 10. The summed E-state index contributed by atoms with van der Waals surface area (Å²) in [7, 11) is 1.36. The Kier molecular flexibility index (Phi) is 18.4. The Morgan fingerprint density at radius 3 is 1.96 bits per heavy atom. The van der Waals surface area contributed by atoms with Crippen LogP contribution >= 0.6 is 0 Å². The fourth-order valence-electron chi connectivity index (χ4n) is 4.52.